The molecule has 0 spiro atoms. The molecule has 4 aliphatic rings. The molecule has 96 valence electrons. The number of carbonyl (C=O) groups is 1. The van der Waals surface area contributed by atoms with Crippen LogP contribution in [-0.4, -0.2) is 37.1 Å². The summed E-state index contributed by atoms with van der Waals surface area (Å²) in [5.41, 5.74) is 0. The first kappa shape index (κ1) is 11.5. The van der Waals surface area contributed by atoms with Gasteiger partial charge in [0.2, 0.25) is 0 Å². The van der Waals surface area contributed by atoms with E-state index in [1.807, 2.05) is 0 Å². The lowest BCUT2D eigenvalue weighted by Crippen LogP contribution is -2.52. The maximum Gasteiger partial charge on any atom is 0.305 e. The molecule has 1 saturated carbocycles. The Hall–Kier alpha value is -0.570. The molecule has 3 nitrogen and oxygen atoms in total. The van der Waals surface area contributed by atoms with Crippen molar-refractivity contribution in [3.63, 3.8) is 0 Å². The fraction of sp³-hybridized carbons (Fsp3) is 0.929. The van der Waals surface area contributed by atoms with Crippen LogP contribution in [0.25, 0.3) is 0 Å². The van der Waals surface area contributed by atoms with Crippen molar-refractivity contribution in [1.82, 2.24) is 4.90 Å². The Kier molecular flexibility index (Phi) is 3.12. The Morgan fingerprint density at radius 2 is 2.06 bits per heavy atom. The SMILES string of the molecule is COC(=O)CCC1CC2C3CCN(CC3)C2C1. The van der Waals surface area contributed by atoms with Crippen molar-refractivity contribution < 1.29 is 9.53 Å². The van der Waals surface area contributed by atoms with Crippen LogP contribution in [0, 0.1) is 17.8 Å². The molecule has 0 radical (unpaired) electrons. The third-order valence-corrected chi connectivity index (χ3v) is 5.31. The highest BCUT2D eigenvalue weighted by Gasteiger charge is 2.47. The second-order valence-corrected chi connectivity index (χ2v) is 6.06. The molecule has 17 heavy (non-hydrogen) atoms. The maximum absolute atomic E-state index is 11.2. The molecule has 2 bridgehead atoms. The third kappa shape index (κ3) is 2.10. The van der Waals surface area contributed by atoms with Gasteiger partial charge in [0, 0.05) is 12.5 Å². The monoisotopic (exact) mass is 237 g/mol. The van der Waals surface area contributed by atoms with Crippen LogP contribution < -0.4 is 0 Å². The van der Waals surface area contributed by atoms with Gasteiger partial charge in [0.05, 0.1) is 7.11 Å². The summed E-state index contributed by atoms with van der Waals surface area (Å²) in [5, 5.41) is 0. The largest absolute Gasteiger partial charge is 0.469 e. The summed E-state index contributed by atoms with van der Waals surface area (Å²) in [6.07, 6.45) is 7.20. The number of hydrogen-bond donors (Lipinski definition) is 0. The highest BCUT2D eigenvalue weighted by molar-refractivity contribution is 5.69. The van der Waals surface area contributed by atoms with Crippen molar-refractivity contribution in [2.24, 2.45) is 17.8 Å². The molecule has 4 rings (SSSR count). The molecule has 3 saturated heterocycles. The standard InChI is InChI=1S/C14H23NO2/c1-17-14(16)3-2-10-8-12-11-4-6-15(7-5-11)13(12)9-10/h10-13H,2-9H2,1H3. The van der Waals surface area contributed by atoms with Gasteiger partial charge in [-0.1, -0.05) is 0 Å². The smallest absolute Gasteiger partial charge is 0.305 e. The summed E-state index contributed by atoms with van der Waals surface area (Å²) in [4.78, 5) is 13.9. The number of nitrogens with zero attached hydrogens (tertiary/aromatic N) is 1. The molecule has 1 aliphatic carbocycles. The molecule has 0 aromatic rings. The molecule has 0 aromatic carbocycles. The zero-order valence-electron chi connectivity index (χ0n) is 10.7. The number of ether oxygens (including phenoxy) is 1. The maximum atomic E-state index is 11.2. The number of piperidine rings is 3. The fourth-order valence-corrected chi connectivity index (χ4v) is 4.42. The van der Waals surface area contributed by atoms with E-state index in [4.69, 9.17) is 4.74 Å². The zero-order chi connectivity index (χ0) is 11.8. The molecule has 3 heteroatoms. The summed E-state index contributed by atoms with van der Waals surface area (Å²) >= 11 is 0. The van der Waals surface area contributed by atoms with Crippen LogP contribution in [0.2, 0.25) is 0 Å². The van der Waals surface area contributed by atoms with Gasteiger partial charge >= 0.3 is 5.97 Å². The average Bonchev–Trinajstić information content (AvgIpc) is 2.83. The van der Waals surface area contributed by atoms with Crippen molar-refractivity contribution in [2.75, 3.05) is 20.2 Å². The Morgan fingerprint density at radius 3 is 2.71 bits per heavy atom. The predicted molar refractivity (Wildman–Crippen MR) is 65.5 cm³/mol. The van der Waals surface area contributed by atoms with Gasteiger partial charge in [0.1, 0.15) is 0 Å². The van der Waals surface area contributed by atoms with Crippen LogP contribution in [0.5, 0.6) is 0 Å². The molecule has 3 unspecified atom stereocenters. The highest BCUT2D eigenvalue weighted by Crippen LogP contribution is 2.48. The van der Waals surface area contributed by atoms with Crippen LogP contribution in [-0.2, 0) is 9.53 Å². The van der Waals surface area contributed by atoms with Crippen LogP contribution >= 0.6 is 0 Å². The summed E-state index contributed by atoms with van der Waals surface area (Å²) in [5.74, 6) is 2.67. The number of fused-ring (bicyclic) bond motifs is 2. The van der Waals surface area contributed by atoms with Gasteiger partial charge in [-0.15, -0.1) is 0 Å². The van der Waals surface area contributed by atoms with E-state index in [0.29, 0.717) is 6.42 Å². The van der Waals surface area contributed by atoms with Crippen molar-refractivity contribution in [1.29, 1.82) is 0 Å². The van der Waals surface area contributed by atoms with Crippen molar-refractivity contribution >= 4 is 5.97 Å². The minimum atomic E-state index is -0.0387. The van der Waals surface area contributed by atoms with Gasteiger partial charge < -0.3 is 9.64 Å². The van der Waals surface area contributed by atoms with Crippen LogP contribution in [0.4, 0.5) is 0 Å². The molecular formula is C14H23NO2. The zero-order valence-corrected chi connectivity index (χ0v) is 10.7. The predicted octanol–water partition coefficient (Wildman–Crippen LogP) is 2.06. The van der Waals surface area contributed by atoms with Gasteiger partial charge in [-0.3, -0.25) is 4.79 Å². The van der Waals surface area contributed by atoms with E-state index in [1.165, 1.54) is 45.9 Å². The summed E-state index contributed by atoms with van der Waals surface area (Å²) in [6, 6.07) is 0.852. The summed E-state index contributed by atoms with van der Waals surface area (Å²) < 4.78 is 4.73. The topological polar surface area (TPSA) is 29.5 Å². The van der Waals surface area contributed by atoms with Crippen molar-refractivity contribution in [3.8, 4) is 0 Å². The second-order valence-electron chi connectivity index (χ2n) is 6.06. The van der Waals surface area contributed by atoms with Gasteiger partial charge in [-0.25, -0.2) is 0 Å². The van der Waals surface area contributed by atoms with E-state index in [2.05, 4.69) is 4.90 Å². The number of hydrogen-bond acceptors (Lipinski definition) is 3. The quantitative estimate of drug-likeness (QED) is 0.704. The number of rotatable bonds is 3. The molecule has 0 amide bonds. The molecule has 0 aromatic heterocycles. The van der Waals surface area contributed by atoms with Crippen LogP contribution in [0.1, 0.15) is 38.5 Å². The minimum Gasteiger partial charge on any atom is -0.469 e. The van der Waals surface area contributed by atoms with E-state index in [1.54, 1.807) is 0 Å². The Bertz CT molecular complexity index is 277. The van der Waals surface area contributed by atoms with E-state index in [9.17, 15) is 4.79 Å². The number of methoxy groups -OCH3 is 1. The van der Waals surface area contributed by atoms with Gasteiger partial charge in [0.25, 0.3) is 0 Å². The molecular weight excluding hydrogens is 214 g/mol. The first-order valence-electron chi connectivity index (χ1n) is 7.09. The molecule has 3 aliphatic heterocycles. The highest BCUT2D eigenvalue weighted by atomic mass is 16.5. The Balaban J connectivity index is 1.56. The van der Waals surface area contributed by atoms with E-state index >= 15 is 0 Å². The summed E-state index contributed by atoms with van der Waals surface area (Å²) in [7, 11) is 1.49. The van der Waals surface area contributed by atoms with Crippen LogP contribution in [0.3, 0.4) is 0 Å². The van der Waals surface area contributed by atoms with E-state index < -0.39 is 0 Å². The van der Waals surface area contributed by atoms with Gasteiger partial charge in [-0.2, -0.15) is 0 Å². The Morgan fingerprint density at radius 1 is 1.29 bits per heavy atom. The normalized spacial score (nSPS) is 43.5. The Labute approximate surface area is 104 Å². The van der Waals surface area contributed by atoms with Gasteiger partial charge in [-0.05, 0) is 62.9 Å². The van der Waals surface area contributed by atoms with Crippen LogP contribution in [0.15, 0.2) is 0 Å². The van der Waals surface area contributed by atoms with Gasteiger partial charge in [0.15, 0.2) is 0 Å². The lowest BCUT2D eigenvalue weighted by Gasteiger charge is -2.48. The third-order valence-electron chi connectivity index (χ3n) is 5.31. The van der Waals surface area contributed by atoms with Crippen molar-refractivity contribution in [2.45, 2.75) is 44.6 Å². The molecule has 0 N–H and O–H groups in total. The lowest BCUT2D eigenvalue weighted by molar-refractivity contribution is -0.140. The van der Waals surface area contributed by atoms with E-state index in [-0.39, 0.29) is 5.97 Å². The second kappa shape index (κ2) is 4.60. The first-order valence-corrected chi connectivity index (χ1v) is 7.09. The van der Waals surface area contributed by atoms with E-state index in [0.717, 1.165) is 30.2 Å². The molecule has 3 heterocycles. The number of carbonyl (C=O) groups excluding carboxylic acids is 1. The number of esters is 1. The average molecular weight is 237 g/mol. The molecule has 4 fully saturated rings. The van der Waals surface area contributed by atoms with Crippen molar-refractivity contribution in [3.05, 3.63) is 0 Å². The summed E-state index contributed by atoms with van der Waals surface area (Å²) in [6.45, 7) is 2.66. The lowest BCUT2D eigenvalue weighted by atomic mass is 9.75. The first-order chi connectivity index (χ1) is 8.28. The molecule has 3 atom stereocenters. The minimum absolute atomic E-state index is 0.0387. The fourth-order valence-electron chi connectivity index (χ4n) is 4.42.